The van der Waals surface area contributed by atoms with Gasteiger partial charge in [-0.15, -0.1) is 0 Å². The summed E-state index contributed by atoms with van der Waals surface area (Å²) in [5, 5.41) is 12.7. The Balaban J connectivity index is 2.02. The van der Waals surface area contributed by atoms with Crippen LogP contribution in [0.2, 0.25) is 5.15 Å². The van der Waals surface area contributed by atoms with Crippen molar-refractivity contribution in [3.05, 3.63) is 51.3 Å². The van der Waals surface area contributed by atoms with Gasteiger partial charge in [0.15, 0.2) is 0 Å². The van der Waals surface area contributed by atoms with E-state index in [2.05, 4.69) is 19.5 Å². The number of nitrogens with one attached hydrogen (secondary N) is 2. The molecule has 2 amide bonds. The number of halogens is 1. The second-order valence-electron chi connectivity index (χ2n) is 4.50. The van der Waals surface area contributed by atoms with Crippen molar-refractivity contribution in [2.45, 2.75) is 6.92 Å². The summed E-state index contributed by atoms with van der Waals surface area (Å²) in [5.41, 5.74) is 0.212. The molecule has 11 nitrogen and oxygen atoms in total. The maximum atomic E-state index is 11.8. The van der Waals surface area contributed by atoms with Crippen LogP contribution in [0.4, 0.5) is 16.4 Å². The highest BCUT2D eigenvalue weighted by atomic mass is 35.5. The van der Waals surface area contributed by atoms with Gasteiger partial charge in [-0.25, -0.2) is 19.5 Å². The van der Waals surface area contributed by atoms with Crippen molar-refractivity contribution in [2.24, 2.45) is 0 Å². The van der Waals surface area contributed by atoms with Gasteiger partial charge in [-0.1, -0.05) is 11.6 Å². The summed E-state index contributed by atoms with van der Waals surface area (Å²) in [4.78, 5) is 29.1. The molecular formula is C12H10ClN5O6S. The lowest BCUT2D eigenvalue weighted by atomic mass is 10.3. The topological polar surface area (TPSA) is 153 Å². The second-order valence-corrected chi connectivity index (χ2v) is 6.17. The van der Waals surface area contributed by atoms with E-state index >= 15 is 0 Å². The Morgan fingerprint density at radius 3 is 2.48 bits per heavy atom. The highest BCUT2D eigenvalue weighted by molar-refractivity contribution is 7.85. The maximum Gasteiger partial charge on any atom is 0.411 e. The molecule has 1 aromatic heterocycles. The number of aryl methyl sites for hydroxylation is 1. The van der Waals surface area contributed by atoms with Gasteiger partial charge >= 0.3 is 16.3 Å². The number of benzene rings is 1. The Morgan fingerprint density at radius 2 is 1.92 bits per heavy atom. The third-order valence-electron chi connectivity index (χ3n) is 2.52. The van der Waals surface area contributed by atoms with Crippen molar-refractivity contribution in [2.75, 3.05) is 5.32 Å². The van der Waals surface area contributed by atoms with Crippen LogP contribution in [-0.2, 0) is 10.3 Å². The first-order chi connectivity index (χ1) is 11.6. The third kappa shape index (κ3) is 5.54. The van der Waals surface area contributed by atoms with Crippen LogP contribution in [0.15, 0.2) is 30.3 Å². The average Bonchev–Trinajstić information content (AvgIpc) is 2.45. The quantitative estimate of drug-likeness (QED) is 0.447. The predicted octanol–water partition coefficient (Wildman–Crippen LogP) is 1.79. The predicted molar refractivity (Wildman–Crippen MR) is 86.6 cm³/mol. The number of nitrogens with zero attached hydrogens (tertiary/aromatic N) is 3. The first-order valence-electron chi connectivity index (χ1n) is 6.43. The number of non-ortho nitro benzene ring substituents is 1. The number of urea groups is 1. The highest BCUT2D eigenvalue weighted by Gasteiger charge is 2.18. The van der Waals surface area contributed by atoms with Crippen molar-refractivity contribution in [3.63, 3.8) is 0 Å². The molecule has 1 aromatic carbocycles. The van der Waals surface area contributed by atoms with Crippen molar-refractivity contribution in [1.82, 2.24) is 14.7 Å². The number of nitro groups is 1. The van der Waals surface area contributed by atoms with E-state index < -0.39 is 21.3 Å². The summed E-state index contributed by atoms with van der Waals surface area (Å²) in [6, 6.07) is 4.50. The summed E-state index contributed by atoms with van der Waals surface area (Å²) in [5.74, 6) is -0.422. The van der Waals surface area contributed by atoms with Gasteiger partial charge in [0.2, 0.25) is 5.95 Å². The smallest absolute Gasteiger partial charge is 0.367 e. The molecule has 0 aliphatic rings. The zero-order chi connectivity index (χ0) is 18.6. The number of hydrogen-bond donors (Lipinski definition) is 2. The van der Waals surface area contributed by atoms with Gasteiger partial charge in [-0.05, 0) is 25.1 Å². The van der Waals surface area contributed by atoms with E-state index in [0.717, 1.165) is 24.3 Å². The molecule has 0 radical (unpaired) electrons. The average molecular weight is 388 g/mol. The van der Waals surface area contributed by atoms with E-state index in [1.807, 2.05) is 0 Å². The van der Waals surface area contributed by atoms with Gasteiger partial charge in [0.1, 0.15) is 10.9 Å². The van der Waals surface area contributed by atoms with Gasteiger partial charge in [0, 0.05) is 17.8 Å². The van der Waals surface area contributed by atoms with Crippen LogP contribution in [0.3, 0.4) is 0 Å². The van der Waals surface area contributed by atoms with Crippen LogP contribution in [0.1, 0.15) is 5.69 Å². The molecule has 0 saturated heterocycles. The minimum atomic E-state index is -4.53. The minimum absolute atomic E-state index is 0.0628. The fourth-order valence-corrected chi connectivity index (χ4v) is 2.52. The Kier molecular flexibility index (Phi) is 5.34. The summed E-state index contributed by atoms with van der Waals surface area (Å²) >= 11 is 5.70. The lowest BCUT2D eigenvalue weighted by molar-refractivity contribution is -0.384. The molecule has 0 spiro atoms. The number of hydrogen-bond acceptors (Lipinski definition) is 8. The third-order valence-corrected chi connectivity index (χ3v) is 3.56. The molecule has 2 rings (SSSR count). The van der Waals surface area contributed by atoms with Crippen molar-refractivity contribution < 1.29 is 22.3 Å². The van der Waals surface area contributed by atoms with Crippen LogP contribution in [-0.4, -0.2) is 29.3 Å². The van der Waals surface area contributed by atoms with E-state index in [4.69, 9.17) is 11.6 Å². The van der Waals surface area contributed by atoms with Gasteiger partial charge in [-0.3, -0.25) is 15.4 Å². The van der Waals surface area contributed by atoms with Gasteiger partial charge in [0.05, 0.1) is 4.92 Å². The van der Waals surface area contributed by atoms with Crippen LogP contribution < -0.4 is 14.2 Å². The molecule has 0 atom stereocenters. The molecule has 0 aliphatic carbocycles. The molecule has 0 bridgehead atoms. The molecule has 13 heteroatoms. The summed E-state index contributed by atoms with van der Waals surface area (Å²) in [6.07, 6.45) is 0. The molecule has 0 saturated carbocycles. The minimum Gasteiger partial charge on any atom is -0.367 e. The zero-order valence-electron chi connectivity index (χ0n) is 12.5. The van der Waals surface area contributed by atoms with Crippen LogP contribution in [0, 0.1) is 17.0 Å². The Hall–Kier alpha value is -2.99. The molecule has 2 aromatic rings. The van der Waals surface area contributed by atoms with Crippen LogP contribution in [0.5, 0.6) is 5.75 Å². The standard InChI is InChI=1S/C12H10ClN5O6S/c1-7-6-10(13)15-11(14-7)16-12(19)17-25(22,23)24-9-4-2-8(3-5-9)18(20)21/h2-6H,1H3,(H2,14,15,16,17,19). The van der Waals surface area contributed by atoms with Crippen LogP contribution in [0.25, 0.3) is 0 Å². The van der Waals surface area contributed by atoms with Crippen molar-refractivity contribution in [3.8, 4) is 5.75 Å². The molecular weight excluding hydrogens is 378 g/mol. The second kappa shape index (κ2) is 7.27. The maximum absolute atomic E-state index is 11.8. The number of nitro benzene ring substituents is 1. The highest BCUT2D eigenvalue weighted by Crippen LogP contribution is 2.18. The molecule has 0 unspecified atom stereocenters. The molecule has 25 heavy (non-hydrogen) atoms. The number of amides is 2. The van der Waals surface area contributed by atoms with Crippen LogP contribution >= 0.6 is 11.6 Å². The van der Waals surface area contributed by atoms with E-state index in [0.29, 0.717) is 5.69 Å². The monoisotopic (exact) mass is 387 g/mol. The Labute approximate surface area is 146 Å². The number of carbonyl (C=O) groups excluding carboxylic acids is 1. The van der Waals surface area contributed by atoms with E-state index in [1.165, 1.54) is 6.07 Å². The van der Waals surface area contributed by atoms with Gasteiger partial charge in [0.25, 0.3) is 5.69 Å². The molecule has 0 fully saturated rings. The summed E-state index contributed by atoms with van der Waals surface area (Å²) in [6.45, 7) is 1.60. The molecule has 2 N–H and O–H groups in total. The van der Waals surface area contributed by atoms with Crippen molar-refractivity contribution >= 4 is 39.6 Å². The fourth-order valence-electron chi connectivity index (χ4n) is 1.60. The van der Waals surface area contributed by atoms with Crippen molar-refractivity contribution in [1.29, 1.82) is 0 Å². The Morgan fingerprint density at radius 1 is 1.28 bits per heavy atom. The first-order valence-corrected chi connectivity index (χ1v) is 8.22. The fraction of sp³-hybridized carbons (Fsp3) is 0.0833. The summed E-state index contributed by atoms with van der Waals surface area (Å²) in [7, 11) is -4.53. The summed E-state index contributed by atoms with van der Waals surface area (Å²) < 4.78 is 29.7. The first kappa shape index (κ1) is 18.4. The Bertz CT molecular complexity index is 898. The lowest BCUT2D eigenvalue weighted by Gasteiger charge is -2.09. The normalized spacial score (nSPS) is 10.8. The van der Waals surface area contributed by atoms with E-state index in [1.54, 1.807) is 11.6 Å². The number of anilines is 1. The molecule has 132 valence electrons. The molecule has 0 aliphatic heterocycles. The van der Waals surface area contributed by atoms with E-state index in [9.17, 15) is 23.3 Å². The zero-order valence-corrected chi connectivity index (χ0v) is 14.0. The number of rotatable bonds is 5. The largest absolute Gasteiger partial charge is 0.411 e. The molecule has 1 heterocycles. The van der Waals surface area contributed by atoms with Gasteiger partial charge < -0.3 is 4.18 Å². The van der Waals surface area contributed by atoms with Gasteiger partial charge in [-0.2, -0.15) is 8.42 Å². The van der Waals surface area contributed by atoms with E-state index in [-0.39, 0.29) is 22.5 Å². The SMILES string of the molecule is Cc1cc(Cl)nc(NC(=O)NS(=O)(=O)Oc2ccc([N+](=O)[O-])cc2)n1. The lowest BCUT2D eigenvalue weighted by Crippen LogP contribution is -2.37. The number of aromatic nitrogens is 2. The number of carbonyl (C=O) groups is 1.